The van der Waals surface area contributed by atoms with Crippen LogP contribution in [0.2, 0.25) is 5.02 Å². The van der Waals surface area contributed by atoms with Gasteiger partial charge in [0.25, 0.3) is 0 Å². The Morgan fingerprint density at radius 3 is 2.33 bits per heavy atom. The molecule has 0 bridgehead atoms. The van der Waals surface area contributed by atoms with Gasteiger partial charge < -0.3 is 9.84 Å². The molecule has 0 saturated heterocycles. The summed E-state index contributed by atoms with van der Waals surface area (Å²) in [5, 5.41) is 10.2. The molecule has 0 heterocycles. The van der Waals surface area contributed by atoms with Crippen LogP contribution in [0, 0.1) is 6.92 Å². The number of aliphatic hydroxyl groups is 1. The van der Waals surface area contributed by atoms with Crippen LogP contribution in [-0.4, -0.2) is 11.2 Å². The second kappa shape index (κ2) is 4.86. The van der Waals surface area contributed by atoms with Crippen LogP contribution in [0.3, 0.4) is 0 Å². The van der Waals surface area contributed by atoms with E-state index in [4.69, 9.17) is 16.3 Å². The number of rotatable bonds is 3. The predicted octanol–water partition coefficient (Wildman–Crippen LogP) is 3.49. The fraction of sp³-hybridized carbons (Fsp3) is 0.500. The summed E-state index contributed by atoms with van der Waals surface area (Å²) in [6.45, 7) is 7.53. The third-order valence-corrected chi connectivity index (χ3v) is 2.51. The molecule has 1 aromatic carbocycles. The molecule has 1 N–H and O–H groups in total. The molecular weight excluding hydrogens is 212 g/mol. The third kappa shape index (κ3) is 3.11. The van der Waals surface area contributed by atoms with Crippen LogP contribution in [0.15, 0.2) is 12.1 Å². The average molecular weight is 229 g/mol. The molecule has 0 aliphatic carbocycles. The first-order chi connectivity index (χ1) is 6.91. The highest BCUT2D eigenvalue weighted by Gasteiger charge is 2.12. The molecule has 0 saturated carbocycles. The molecule has 0 radical (unpaired) electrons. The van der Waals surface area contributed by atoms with E-state index in [1.165, 1.54) is 0 Å². The molecule has 0 amide bonds. The first-order valence-electron chi connectivity index (χ1n) is 5.06. The highest BCUT2D eigenvalue weighted by atomic mass is 35.5. The van der Waals surface area contributed by atoms with Gasteiger partial charge in [0.2, 0.25) is 0 Å². The smallest absolute Gasteiger partial charge is 0.125 e. The summed E-state index contributed by atoms with van der Waals surface area (Å²) in [5.41, 5.74) is 1.69. The highest BCUT2D eigenvalue weighted by Crippen LogP contribution is 2.31. The lowest BCUT2D eigenvalue weighted by molar-refractivity contribution is 0.183. The van der Waals surface area contributed by atoms with Gasteiger partial charge in [-0.3, -0.25) is 0 Å². The van der Waals surface area contributed by atoms with E-state index >= 15 is 0 Å². The van der Waals surface area contributed by atoms with E-state index in [-0.39, 0.29) is 6.10 Å². The van der Waals surface area contributed by atoms with Crippen molar-refractivity contribution in [2.75, 3.05) is 0 Å². The van der Waals surface area contributed by atoms with Crippen molar-refractivity contribution in [3.05, 3.63) is 28.3 Å². The first kappa shape index (κ1) is 12.3. The van der Waals surface area contributed by atoms with Crippen molar-refractivity contribution >= 4 is 11.6 Å². The summed E-state index contributed by atoms with van der Waals surface area (Å²) < 4.78 is 5.62. The zero-order chi connectivity index (χ0) is 11.6. The third-order valence-electron chi connectivity index (χ3n) is 2.10. The van der Waals surface area contributed by atoms with Crippen molar-refractivity contribution in [3.8, 4) is 5.75 Å². The fourth-order valence-corrected chi connectivity index (χ4v) is 1.52. The van der Waals surface area contributed by atoms with Gasteiger partial charge in [0, 0.05) is 10.6 Å². The SMILES string of the molecule is Cc1cc(OC(C)C)c(C(C)O)cc1Cl. The molecule has 0 aromatic heterocycles. The molecule has 0 aliphatic rings. The standard InChI is InChI=1S/C12H17ClO2/c1-7(2)15-12-5-8(3)11(13)6-10(12)9(4)14/h5-7,9,14H,1-4H3. The number of benzene rings is 1. The van der Waals surface area contributed by atoms with E-state index in [2.05, 4.69) is 0 Å². The van der Waals surface area contributed by atoms with Gasteiger partial charge in [0.15, 0.2) is 0 Å². The molecule has 1 unspecified atom stereocenters. The summed E-state index contributed by atoms with van der Waals surface area (Å²) >= 11 is 6.00. The molecule has 2 nitrogen and oxygen atoms in total. The Morgan fingerprint density at radius 1 is 1.27 bits per heavy atom. The van der Waals surface area contributed by atoms with Crippen molar-refractivity contribution < 1.29 is 9.84 Å². The molecule has 3 heteroatoms. The van der Waals surface area contributed by atoms with Crippen LogP contribution in [-0.2, 0) is 0 Å². The molecule has 0 aliphatic heterocycles. The first-order valence-corrected chi connectivity index (χ1v) is 5.44. The zero-order valence-electron chi connectivity index (χ0n) is 9.54. The maximum absolute atomic E-state index is 9.59. The summed E-state index contributed by atoms with van der Waals surface area (Å²) in [7, 11) is 0. The largest absolute Gasteiger partial charge is 0.491 e. The molecule has 0 fully saturated rings. The lowest BCUT2D eigenvalue weighted by Gasteiger charge is -2.17. The minimum atomic E-state index is -0.572. The minimum absolute atomic E-state index is 0.0862. The van der Waals surface area contributed by atoms with Crippen LogP contribution in [0.4, 0.5) is 0 Å². The van der Waals surface area contributed by atoms with Gasteiger partial charge in [0.1, 0.15) is 5.75 Å². The fourth-order valence-electron chi connectivity index (χ4n) is 1.35. The van der Waals surface area contributed by atoms with Crippen LogP contribution in [0.1, 0.15) is 38.0 Å². The van der Waals surface area contributed by atoms with E-state index in [0.29, 0.717) is 10.8 Å². The second-order valence-corrected chi connectivity index (χ2v) is 4.39. The van der Waals surface area contributed by atoms with Crippen molar-refractivity contribution in [1.29, 1.82) is 0 Å². The predicted molar refractivity (Wildman–Crippen MR) is 62.6 cm³/mol. The Labute approximate surface area is 95.8 Å². The highest BCUT2D eigenvalue weighted by molar-refractivity contribution is 6.31. The van der Waals surface area contributed by atoms with Crippen LogP contribution < -0.4 is 4.74 Å². The zero-order valence-corrected chi connectivity index (χ0v) is 10.3. The lowest BCUT2D eigenvalue weighted by Crippen LogP contribution is -2.09. The quantitative estimate of drug-likeness (QED) is 0.858. The molecule has 1 atom stereocenters. The van der Waals surface area contributed by atoms with Gasteiger partial charge in [-0.05, 0) is 45.4 Å². The van der Waals surface area contributed by atoms with Crippen LogP contribution >= 0.6 is 11.6 Å². The Balaban J connectivity index is 3.16. The normalized spacial score (nSPS) is 13.0. The Kier molecular flexibility index (Phi) is 4.00. The Morgan fingerprint density at radius 2 is 1.87 bits per heavy atom. The minimum Gasteiger partial charge on any atom is -0.491 e. The van der Waals surface area contributed by atoms with Gasteiger partial charge in [-0.15, -0.1) is 0 Å². The number of hydrogen-bond acceptors (Lipinski definition) is 2. The summed E-state index contributed by atoms with van der Waals surface area (Å²) in [6.07, 6.45) is -0.486. The van der Waals surface area contributed by atoms with E-state index in [9.17, 15) is 5.11 Å². The van der Waals surface area contributed by atoms with Gasteiger partial charge in [-0.25, -0.2) is 0 Å². The van der Waals surface area contributed by atoms with Gasteiger partial charge in [-0.1, -0.05) is 11.6 Å². The summed E-state index contributed by atoms with van der Waals surface area (Å²) in [5.74, 6) is 0.710. The van der Waals surface area contributed by atoms with Crippen molar-refractivity contribution in [1.82, 2.24) is 0 Å². The maximum Gasteiger partial charge on any atom is 0.125 e. The number of halogens is 1. The van der Waals surface area contributed by atoms with Crippen molar-refractivity contribution in [2.45, 2.75) is 39.9 Å². The van der Waals surface area contributed by atoms with Gasteiger partial charge >= 0.3 is 0 Å². The van der Waals surface area contributed by atoms with Gasteiger partial charge in [-0.2, -0.15) is 0 Å². The number of aryl methyl sites for hydroxylation is 1. The molecular formula is C12H17ClO2. The average Bonchev–Trinajstić information content (AvgIpc) is 2.09. The number of aliphatic hydroxyl groups excluding tert-OH is 1. The molecule has 0 spiro atoms. The topological polar surface area (TPSA) is 29.5 Å². The maximum atomic E-state index is 9.59. The molecule has 1 aromatic rings. The molecule has 15 heavy (non-hydrogen) atoms. The number of ether oxygens (including phenoxy) is 1. The number of hydrogen-bond donors (Lipinski definition) is 1. The van der Waals surface area contributed by atoms with Crippen molar-refractivity contribution in [3.63, 3.8) is 0 Å². The summed E-state index contributed by atoms with van der Waals surface area (Å²) in [6, 6.07) is 3.63. The molecule has 1 rings (SSSR count). The van der Waals surface area contributed by atoms with Crippen LogP contribution in [0.25, 0.3) is 0 Å². The second-order valence-electron chi connectivity index (χ2n) is 3.98. The summed E-state index contributed by atoms with van der Waals surface area (Å²) in [4.78, 5) is 0. The molecule has 84 valence electrons. The Bertz CT molecular complexity index is 346. The van der Waals surface area contributed by atoms with E-state index in [0.717, 1.165) is 11.1 Å². The van der Waals surface area contributed by atoms with E-state index < -0.39 is 6.10 Å². The van der Waals surface area contributed by atoms with E-state index in [1.54, 1.807) is 13.0 Å². The van der Waals surface area contributed by atoms with Crippen molar-refractivity contribution in [2.24, 2.45) is 0 Å². The monoisotopic (exact) mass is 228 g/mol. The Hall–Kier alpha value is -0.730. The van der Waals surface area contributed by atoms with E-state index in [1.807, 2.05) is 26.8 Å². The van der Waals surface area contributed by atoms with Gasteiger partial charge in [0.05, 0.1) is 12.2 Å². The lowest BCUT2D eigenvalue weighted by atomic mass is 10.1. The van der Waals surface area contributed by atoms with Crippen LogP contribution in [0.5, 0.6) is 5.75 Å².